The zero-order valence-electron chi connectivity index (χ0n) is 21.0. The molecule has 0 aliphatic rings. The van der Waals surface area contributed by atoms with Crippen molar-refractivity contribution in [1.82, 2.24) is 15.0 Å². The molecule has 4 nitrogen and oxygen atoms in total. The van der Waals surface area contributed by atoms with E-state index in [4.69, 9.17) is 5.73 Å². The van der Waals surface area contributed by atoms with Gasteiger partial charge in [-0.1, -0.05) is 48.5 Å². The van der Waals surface area contributed by atoms with Gasteiger partial charge in [0.05, 0.1) is 0 Å². The fourth-order valence-electron chi connectivity index (χ4n) is 5.33. The molecular weight excluding hydrogens is 464 g/mol. The van der Waals surface area contributed by atoms with Crippen LogP contribution in [0.15, 0.2) is 128 Å². The van der Waals surface area contributed by atoms with Gasteiger partial charge in [0.1, 0.15) is 0 Å². The van der Waals surface area contributed by atoms with Crippen molar-refractivity contribution in [2.45, 2.75) is 6.92 Å². The van der Waals surface area contributed by atoms with Crippen LogP contribution in [0.3, 0.4) is 0 Å². The number of allylic oxidation sites excluding steroid dienone is 3. The lowest BCUT2D eigenvalue weighted by atomic mass is 9.83. The molecule has 0 saturated heterocycles. The molecule has 38 heavy (non-hydrogen) atoms. The van der Waals surface area contributed by atoms with Gasteiger partial charge in [-0.25, -0.2) is 0 Å². The van der Waals surface area contributed by atoms with Gasteiger partial charge in [-0.3, -0.25) is 15.0 Å². The molecule has 3 heterocycles. The van der Waals surface area contributed by atoms with Crippen LogP contribution in [0.2, 0.25) is 0 Å². The lowest BCUT2D eigenvalue weighted by molar-refractivity contribution is 1.30. The van der Waals surface area contributed by atoms with Crippen LogP contribution < -0.4 is 5.73 Å². The van der Waals surface area contributed by atoms with Crippen LogP contribution in [-0.2, 0) is 0 Å². The minimum Gasteiger partial charge on any atom is -0.405 e. The van der Waals surface area contributed by atoms with Crippen LogP contribution in [0.25, 0.3) is 54.9 Å². The van der Waals surface area contributed by atoms with E-state index in [9.17, 15) is 0 Å². The molecule has 182 valence electrons. The number of rotatable bonds is 5. The minimum absolute atomic E-state index is 1.07. The topological polar surface area (TPSA) is 64.7 Å². The zero-order valence-corrected chi connectivity index (χ0v) is 21.0. The fraction of sp³-hybridized carbons (Fsp3) is 0.0294. The number of nitrogens with two attached hydrogens (primary N) is 1. The van der Waals surface area contributed by atoms with Crippen LogP contribution >= 0.6 is 0 Å². The molecule has 3 aromatic heterocycles. The molecule has 0 fully saturated rings. The highest BCUT2D eigenvalue weighted by atomic mass is 14.6. The van der Waals surface area contributed by atoms with Crippen molar-refractivity contribution in [3.8, 4) is 22.3 Å². The molecule has 4 heteroatoms. The quantitative estimate of drug-likeness (QED) is 0.197. The Labute approximate surface area is 221 Å². The van der Waals surface area contributed by atoms with Gasteiger partial charge < -0.3 is 5.73 Å². The maximum absolute atomic E-state index is 6.04. The van der Waals surface area contributed by atoms with Crippen LogP contribution in [0.1, 0.15) is 18.1 Å². The highest BCUT2D eigenvalue weighted by Gasteiger charge is 2.20. The first kappa shape index (κ1) is 23.3. The van der Waals surface area contributed by atoms with Gasteiger partial charge in [-0.05, 0) is 110 Å². The summed E-state index contributed by atoms with van der Waals surface area (Å²) >= 11 is 0. The van der Waals surface area contributed by atoms with Crippen molar-refractivity contribution in [3.05, 3.63) is 139 Å². The fourth-order valence-corrected chi connectivity index (χ4v) is 5.33. The Balaban J connectivity index is 1.76. The number of pyridine rings is 3. The third kappa shape index (κ3) is 4.02. The monoisotopic (exact) mass is 490 g/mol. The lowest BCUT2D eigenvalue weighted by Crippen LogP contribution is -1.97. The number of aromatic nitrogens is 3. The Morgan fingerprint density at radius 3 is 1.79 bits per heavy atom. The maximum Gasteiger partial charge on any atom is 0.0352 e. The molecule has 6 aromatic rings. The van der Waals surface area contributed by atoms with Gasteiger partial charge >= 0.3 is 0 Å². The van der Waals surface area contributed by atoms with Crippen molar-refractivity contribution in [3.63, 3.8) is 0 Å². The Bertz CT molecular complexity index is 1760. The number of benzene rings is 3. The molecule has 0 spiro atoms. The van der Waals surface area contributed by atoms with Gasteiger partial charge in [0, 0.05) is 42.7 Å². The molecule has 0 aliphatic heterocycles. The highest BCUT2D eigenvalue weighted by molar-refractivity contribution is 6.22. The second kappa shape index (κ2) is 10.1. The second-order valence-corrected chi connectivity index (χ2v) is 9.13. The molecule has 0 bridgehead atoms. The highest BCUT2D eigenvalue weighted by Crippen LogP contribution is 2.45. The first-order valence-electron chi connectivity index (χ1n) is 12.6. The Morgan fingerprint density at radius 1 is 0.632 bits per heavy atom. The van der Waals surface area contributed by atoms with E-state index in [0.29, 0.717) is 0 Å². The summed E-state index contributed by atoms with van der Waals surface area (Å²) in [5.41, 5.74) is 15.0. The summed E-state index contributed by atoms with van der Waals surface area (Å²) < 4.78 is 0. The van der Waals surface area contributed by atoms with E-state index >= 15 is 0 Å². The summed E-state index contributed by atoms with van der Waals surface area (Å²) in [7, 11) is 0. The van der Waals surface area contributed by atoms with E-state index in [2.05, 4.69) is 76.5 Å². The molecule has 0 radical (unpaired) electrons. The Kier molecular flexibility index (Phi) is 6.20. The Morgan fingerprint density at radius 2 is 1.18 bits per heavy atom. The van der Waals surface area contributed by atoms with Gasteiger partial charge in [0.2, 0.25) is 0 Å². The zero-order chi connectivity index (χ0) is 25.9. The van der Waals surface area contributed by atoms with E-state index in [1.54, 1.807) is 6.20 Å². The van der Waals surface area contributed by atoms with E-state index in [0.717, 1.165) is 39.0 Å². The van der Waals surface area contributed by atoms with E-state index in [-0.39, 0.29) is 0 Å². The summed E-state index contributed by atoms with van der Waals surface area (Å²) in [5.74, 6) is 0. The summed E-state index contributed by atoms with van der Waals surface area (Å²) in [6.07, 6.45) is 14.7. The van der Waals surface area contributed by atoms with Crippen molar-refractivity contribution in [1.29, 1.82) is 0 Å². The molecule has 0 amide bonds. The average molecular weight is 491 g/mol. The second-order valence-electron chi connectivity index (χ2n) is 9.13. The third-order valence-electron chi connectivity index (χ3n) is 7.06. The van der Waals surface area contributed by atoms with Crippen LogP contribution in [0.5, 0.6) is 0 Å². The van der Waals surface area contributed by atoms with E-state index in [1.807, 2.05) is 67.5 Å². The first-order valence-corrected chi connectivity index (χ1v) is 12.6. The van der Waals surface area contributed by atoms with Crippen LogP contribution in [0, 0.1) is 0 Å². The number of hydrogen-bond donors (Lipinski definition) is 1. The van der Waals surface area contributed by atoms with Gasteiger partial charge in [0.15, 0.2) is 0 Å². The van der Waals surface area contributed by atoms with Crippen LogP contribution in [0.4, 0.5) is 0 Å². The standard InChI is InChI=1S/C34H26N4/c1-23(24-11-17-36-18-12-24)26(10-16-35)33-27-6-2-4-8-29(27)34(30-9-5-3-7-28(30)33)31-15-21-38-22-32(31)25-13-19-37-20-14-25/h2-22H,35H2,1H3/b16-10-,26-23-. The smallest absolute Gasteiger partial charge is 0.0352 e. The Hall–Kier alpha value is -5.09. The third-order valence-corrected chi connectivity index (χ3v) is 7.06. The van der Waals surface area contributed by atoms with Gasteiger partial charge in [-0.2, -0.15) is 0 Å². The van der Waals surface area contributed by atoms with E-state index in [1.165, 1.54) is 27.1 Å². The largest absolute Gasteiger partial charge is 0.405 e. The van der Waals surface area contributed by atoms with Crippen molar-refractivity contribution in [2.24, 2.45) is 5.73 Å². The molecule has 0 unspecified atom stereocenters. The molecule has 0 atom stereocenters. The first-order chi connectivity index (χ1) is 18.8. The number of nitrogens with zero attached hydrogens (tertiary/aromatic N) is 3. The maximum atomic E-state index is 6.04. The molecule has 0 aliphatic carbocycles. The summed E-state index contributed by atoms with van der Waals surface area (Å²) in [5, 5.41) is 4.68. The molecule has 6 rings (SSSR count). The van der Waals surface area contributed by atoms with Crippen molar-refractivity contribution in [2.75, 3.05) is 0 Å². The lowest BCUT2D eigenvalue weighted by Gasteiger charge is -2.21. The average Bonchev–Trinajstić information content (AvgIpc) is 2.99. The minimum atomic E-state index is 1.07. The molecular formula is C34H26N4. The summed E-state index contributed by atoms with van der Waals surface area (Å²) in [4.78, 5) is 12.9. The molecule has 0 saturated carbocycles. The number of fused-ring (bicyclic) bond motifs is 2. The van der Waals surface area contributed by atoms with Crippen LogP contribution in [-0.4, -0.2) is 15.0 Å². The van der Waals surface area contributed by atoms with Gasteiger partial charge in [-0.15, -0.1) is 0 Å². The normalized spacial score (nSPS) is 12.2. The number of hydrogen-bond acceptors (Lipinski definition) is 4. The van der Waals surface area contributed by atoms with Crippen molar-refractivity contribution < 1.29 is 0 Å². The summed E-state index contributed by atoms with van der Waals surface area (Å²) in [6, 6.07) is 27.5. The summed E-state index contributed by atoms with van der Waals surface area (Å²) in [6.45, 7) is 2.15. The predicted octanol–water partition coefficient (Wildman–Crippen LogP) is 7.92. The predicted molar refractivity (Wildman–Crippen MR) is 158 cm³/mol. The SMILES string of the molecule is C/C(=C(\C=C/N)c1c2ccccc2c(-c2ccncc2-c2ccncc2)c2ccccc12)c1ccncc1. The van der Waals surface area contributed by atoms with Gasteiger partial charge in [0.25, 0.3) is 0 Å². The van der Waals surface area contributed by atoms with E-state index < -0.39 is 0 Å². The molecule has 2 N–H and O–H groups in total. The van der Waals surface area contributed by atoms with Crippen molar-refractivity contribution >= 4 is 32.7 Å². The molecule has 3 aromatic carbocycles.